The number of nitrogens with one attached hydrogen (secondary N) is 1. The summed E-state index contributed by atoms with van der Waals surface area (Å²) in [6.45, 7) is 7.75. The molecule has 0 bridgehead atoms. The average molecular weight is 211 g/mol. The van der Waals surface area contributed by atoms with Crippen LogP contribution >= 0.6 is 0 Å². The number of hydrogen-bond acceptors (Lipinski definition) is 4. The van der Waals surface area contributed by atoms with E-state index in [1.165, 1.54) is 6.42 Å². The van der Waals surface area contributed by atoms with Crippen LogP contribution in [0.2, 0.25) is 0 Å². The van der Waals surface area contributed by atoms with Crippen LogP contribution in [0.3, 0.4) is 0 Å². The lowest BCUT2D eigenvalue weighted by Gasteiger charge is -2.09. The molecule has 5 nitrogen and oxygen atoms in total. The van der Waals surface area contributed by atoms with E-state index in [0.717, 1.165) is 31.2 Å². The van der Waals surface area contributed by atoms with Crippen LogP contribution in [0.5, 0.6) is 0 Å². The second kappa shape index (κ2) is 6.53. The summed E-state index contributed by atoms with van der Waals surface area (Å²) in [5, 5.41) is 11.3. The molecular formula is C10H21N5. The lowest BCUT2D eigenvalue weighted by Crippen LogP contribution is -2.25. The van der Waals surface area contributed by atoms with E-state index in [4.69, 9.17) is 5.73 Å². The van der Waals surface area contributed by atoms with Gasteiger partial charge < -0.3 is 11.1 Å². The van der Waals surface area contributed by atoms with Crippen molar-refractivity contribution in [1.82, 2.24) is 20.3 Å². The minimum atomic E-state index is 0.459. The molecule has 1 unspecified atom stereocenters. The van der Waals surface area contributed by atoms with Gasteiger partial charge in [-0.1, -0.05) is 25.5 Å². The number of aromatic nitrogens is 3. The molecule has 0 amide bonds. The Hall–Kier alpha value is -0.940. The van der Waals surface area contributed by atoms with Crippen molar-refractivity contribution in [1.29, 1.82) is 0 Å². The monoisotopic (exact) mass is 211 g/mol. The van der Waals surface area contributed by atoms with Crippen molar-refractivity contribution in [2.24, 2.45) is 11.7 Å². The fraction of sp³-hybridized carbons (Fsp3) is 0.800. The molecule has 0 aliphatic carbocycles. The van der Waals surface area contributed by atoms with Crippen LogP contribution in [0.4, 0.5) is 0 Å². The average Bonchev–Trinajstić information content (AvgIpc) is 2.72. The molecule has 0 saturated carbocycles. The predicted molar refractivity (Wildman–Crippen MR) is 60.2 cm³/mol. The van der Waals surface area contributed by atoms with E-state index in [-0.39, 0.29) is 0 Å². The summed E-state index contributed by atoms with van der Waals surface area (Å²) in [7, 11) is 0. The predicted octanol–water partition coefficient (Wildman–Crippen LogP) is 0.372. The highest BCUT2D eigenvalue weighted by Crippen LogP contribution is 1.96. The van der Waals surface area contributed by atoms with E-state index in [1.807, 2.05) is 10.9 Å². The Morgan fingerprint density at radius 2 is 2.40 bits per heavy atom. The van der Waals surface area contributed by atoms with E-state index in [0.29, 0.717) is 6.54 Å². The Labute approximate surface area is 91.0 Å². The summed E-state index contributed by atoms with van der Waals surface area (Å²) >= 11 is 0. The number of nitrogens with two attached hydrogens (primary N) is 1. The highest BCUT2D eigenvalue weighted by atomic mass is 15.4. The zero-order chi connectivity index (χ0) is 11.1. The zero-order valence-corrected chi connectivity index (χ0v) is 9.61. The van der Waals surface area contributed by atoms with Crippen molar-refractivity contribution in [3.63, 3.8) is 0 Å². The van der Waals surface area contributed by atoms with E-state index < -0.39 is 0 Å². The third-order valence-corrected chi connectivity index (χ3v) is 2.50. The fourth-order valence-electron chi connectivity index (χ4n) is 1.23. The van der Waals surface area contributed by atoms with Crippen LogP contribution in [0, 0.1) is 5.92 Å². The molecule has 1 aromatic rings. The lowest BCUT2D eigenvalue weighted by molar-refractivity contribution is 0.471. The van der Waals surface area contributed by atoms with Crippen molar-refractivity contribution in [2.75, 3.05) is 13.1 Å². The van der Waals surface area contributed by atoms with E-state index >= 15 is 0 Å². The van der Waals surface area contributed by atoms with Crippen LogP contribution in [-0.4, -0.2) is 28.1 Å². The topological polar surface area (TPSA) is 68.8 Å². The molecule has 1 rings (SSSR count). The minimum Gasteiger partial charge on any atom is -0.325 e. The zero-order valence-electron chi connectivity index (χ0n) is 9.61. The van der Waals surface area contributed by atoms with Gasteiger partial charge in [0.15, 0.2) is 0 Å². The first-order valence-corrected chi connectivity index (χ1v) is 5.56. The Kier molecular flexibility index (Phi) is 5.28. The van der Waals surface area contributed by atoms with Gasteiger partial charge in [0.05, 0.1) is 12.2 Å². The quantitative estimate of drug-likeness (QED) is 0.639. The first kappa shape index (κ1) is 12.1. The maximum absolute atomic E-state index is 5.44. The van der Waals surface area contributed by atoms with Gasteiger partial charge in [-0.05, 0) is 12.5 Å². The summed E-state index contributed by atoms with van der Waals surface area (Å²) in [5.41, 5.74) is 6.29. The molecule has 1 heterocycles. The molecule has 0 saturated heterocycles. The molecule has 1 aromatic heterocycles. The number of rotatable bonds is 7. The molecule has 0 aliphatic heterocycles. The lowest BCUT2D eigenvalue weighted by atomic mass is 10.1. The van der Waals surface area contributed by atoms with E-state index in [2.05, 4.69) is 29.5 Å². The first-order chi connectivity index (χ1) is 7.26. The first-order valence-electron chi connectivity index (χ1n) is 5.56. The van der Waals surface area contributed by atoms with Gasteiger partial charge in [-0.25, -0.2) is 0 Å². The van der Waals surface area contributed by atoms with Crippen molar-refractivity contribution in [3.8, 4) is 0 Å². The van der Waals surface area contributed by atoms with Gasteiger partial charge in [-0.3, -0.25) is 4.68 Å². The van der Waals surface area contributed by atoms with Crippen molar-refractivity contribution >= 4 is 0 Å². The molecule has 3 N–H and O–H groups in total. The van der Waals surface area contributed by atoms with Gasteiger partial charge in [0.1, 0.15) is 0 Å². The standard InChI is InChI=1S/C10H21N5/c1-3-9(2)7-12-4-5-15-8-10(6-11)13-14-15/h8-9,12H,3-7,11H2,1-2H3. The van der Waals surface area contributed by atoms with Crippen LogP contribution < -0.4 is 11.1 Å². The Morgan fingerprint density at radius 1 is 1.60 bits per heavy atom. The van der Waals surface area contributed by atoms with Gasteiger partial charge in [-0.2, -0.15) is 0 Å². The Balaban J connectivity index is 2.14. The molecule has 0 radical (unpaired) electrons. The van der Waals surface area contributed by atoms with Gasteiger partial charge in [0.2, 0.25) is 0 Å². The van der Waals surface area contributed by atoms with Crippen LogP contribution in [0.25, 0.3) is 0 Å². The van der Waals surface area contributed by atoms with Crippen molar-refractivity contribution in [2.45, 2.75) is 33.4 Å². The molecule has 0 spiro atoms. The highest BCUT2D eigenvalue weighted by Gasteiger charge is 1.99. The fourth-order valence-corrected chi connectivity index (χ4v) is 1.23. The van der Waals surface area contributed by atoms with Crippen LogP contribution in [-0.2, 0) is 13.1 Å². The molecule has 5 heteroatoms. The summed E-state index contributed by atoms with van der Waals surface area (Å²) in [4.78, 5) is 0. The molecule has 0 aromatic carbocycles. The van der Waals surface area contributed by atoms with Gasteiger partial charge >= 0.3 is 0 Å². The number of hydrogen-bond donors (Lipinski definition) is 2. The largest absolute Gasteiger partial charge is 0.325 e. The molecular weight excluding hydrogens is 190 g/mol. The third kappa shape index (κ3) is 4.40. The summed E-state index contributed by atoms with van der Waals surface area (Å²) < 4.78 is 1.83. The van der Waals surface area contributed by atoms with Gasteiger partial charge in [0, 0.05) is 19.3 Å². The molecule has 15 heavy (non-hydrogen) atoms. The van der Waals surface area contributed by atoms with Gasteiger partial charge in [-0.15, -0.1) is 5.10 Å². The van der Waals surface area contributed by atoms with E-state index in [9.17, 15) is 0 Å². The van der Waals surface area contributed by atoms with Gasteiger partial charge in [0.25, 0.3) is 0 Å². The summed E-state index contributed by atoms with van der Waals surface area (Å²) in [6.07, 6.45) is 3.11. The summed E-state index contributed by atoms with van der Waals surface area (Å²) in [6, 6.07) is 0. The van der Waals surface area contributed by atoms with Crippen LogP contribution in [0.15, 0.2) is 6.20 Å². The maximum Gasteiger partial charge on any atom is 0.0962 e. The summed E-state index contributed by atoms with van der Waals surface area (Å²) in [5.74, 6) is 0.736. The second-order valence-electron chi connectivity index (χ2n) is 3.89. The van der Waals surface area contributed by atoms with E-state index in [1.54, 1.807) is 0 Å². The van der Waals surface area contributed by atoms with Crippen molar-refractivity contribution in [3.05, 3.63) is 11.9 Å². The third-order valence-electron chi connectivity index (χ3n) is 2.50. The normalized spacial score (nSPS) is 13.0. The molecule has 1 atom stereocenters. The molecule has 0 fully saturated rings. The number of nitrogens with zero attached hydrogens (tertiary/aromatic N) is 3. The maximum atomic E-state index is 5.44. The van der Waals surface area contributed by atoms with Crippen molar-refractivity contribution < 1.29 is 0 Å². The highest BCUT2D eigenvalue weighted by molar-refractivity contribution is 4.90. The Morgan fingerprint density at radius 3 is 3.00 bits per heavy atom. The Bertz CT molecular complexity index is 271. The molecule has 86 valence electrons. The minimum absolute atomic E-state index is 0.459. The second-order valence-corrected chi connectivity index (χ2v) is 3.89. The SMILES string of the molecule is CCC(C)CNCCn1cc(CN)nn1. The smallest absolute Gasteiger partial charge is 0.0962 e. The van der Waals surface area contributed by atoms with Crippen LogP contribution in [0.1, 0.15) is 26.0 Å². The molecule has 0 aliphatic rings.